The highest BCUT2D eigenvalue weighted by atomic mass is 32.2. The number of methoxy groups -OCH3 is 1. The van der Waals surface area contributed by atoms with Crippen molar-refractivity contribution in [3.63, 3.8) is 0 Å². The first-order valence-corrected chi connectivity index (χ1v) is 17.3. The Morgan fingerprint density at radius 3 is 2.03 bits per heavy atom. The molecule has 5 nitrogen and oxygen atoms in total. The molecule has 1 aromatic heterocycles. The average Bonchev–Trinajstić information content (AvgIpc) is 3.34. The Kier molecular flexibility index (Phi) is 20.7. The van der Waals surface area contributed by atoms with Gasteiger partial charge in [-0.3, -0.25) is 0 Å². The number of nitrogens with zero attached hydrogens (tertiary/aromatic N) is 1. The average molecular weight is 536 g/mol. The number of hydrogen-bond acceptors (Lipinski definition) is 5. The van der Waals surface area contributed by atoms with E-state index in [1.165, 1.54) is 89.9 Å². The molecule has 0 aliphatic carbocycles. The van der Waals surface area contributed by atoms with Gasteiger partial charge in [0.25, 0.3) is 0 Å². The third-order valence-corrected chi connectivity index (χ3v) is 9.46. The van der Waals surface area contributed by atoms with Crippen molar-refractivity contribution in [3.8, 4) is 0 Å². The van der Waals surface area contributed by atoms with E-state index in [2.05, 4.69) is 11.6 Å². The summed E-state index contributed by atoms with van der Waals surface area (Å²) in [6.07, 6.45) is 21.9. The summed E-state index contributed by atoms with van der Waals surface area (Å²) in [5.74, 6) is 2.11. The Morgan fingerprint density at radius 1 is 0.912 bits per heavy atom. The van der Waals surface area contributed by atoms with E-state index in [0.717, 1.165) is 18.1 Å². The van der Waals surface area contributed by atoms with Crippen molar-refractivity contribution >= 4 is 33.1 Å². The first-order valence-electron chi connectivity index (χ1n) is 13.6. The van der Waals surface area contributed by atoms with Gasteiger partial charge in [-0.25, -0.2) is 13.1 Å². The Bertz CT molecular complexity index is 654. The van der Waals surface area contributed by atoms with Gasteiger partial charge in [0.2, 0.25) is 15.5 Å². The van der Waals surface area contributed by atoms with Gasteiger partial charge in [-0.2, -0.15) is 16.3 Å². The first kappa shape index (κ1) is 31.9. The van der Waals surface area contributed by atoms with Crippen LogP contribution >= 0.6 is 23.1 Å². The molecule has 1 N–H and O–H groups in total. The fourth-order valence-electron chi connectivity index (χ4n) is 3.94. The maximum absolute atomic E-state index is 12.2. The van der Waals surface area contributed by atoms with Gasteiger partial charge in [0.1, 0.15) is 6.54 Å². The Labute approximate surface area is 218 Å². The second kappa shape index (κ2) is 22.1. The lowest BCUT2D eigenvalue weighted by atomic mass is 10.0. The maximum atomic E-state index is 12.2. The van der Waals surface area contributed by atoms with Crippen molar-refractivity contribution in [2.45, 2.75) is 116 Å². The van der Waals surface area contributed by atoms with Crippen molar-refractivity contribution < 1.29 is 17.7 Å². The summed E-state index contributed by atoms with van der Waals surface area (Å²) in [7, 11) is -1.58. The molecule has 0 aliphatic rings. The smallest absolute Gasteiger partial charge is 0.224 e. The van der Waals surface area contributed by atoms with Crippen molar-refractivity contribution in [1.82, 2.24) is 4.72 Å². The number of rotatable bonds is 25. The monoisotopic (exact) mass is 535 g/mol. The third kappa shape index (κ3) is 19.1. The molecule has 0 amide bonds. The third-order valence-electron chi connectivity index (χ3n) is 6.17. The van der Waals surface area contributed by atoms with Crippen LogP contribution in [0.1, 0.15) is 103 Å². The second-order valence-corrected chi connectivity index (χ2v) is 13.1. The normalized spacial score (nSPS) is 12.9. The summed E-state index contributed by atoms with van der Waals surface area (Å²) in [6.45, 7) is 3.37. The SMILES string of the molecule is CCCCCCCCCCCCCCCCSCC(CNS(=O)(=O)CCC[n+]1ccsc1)OC. The number of ether oxygens (including phenoxy) is 1. The predicted molar refractivity (Wildman–Crippen MR) is 149 cm³/mol. The lowest BCUT2D eigenvalue weighted by molar-refractivity contribution is -0.692. The van der Waals surface area contributed by atoms with Crippen molar-refractivity contribution in [2.75, 3.05) is 30.9 Å². The van der Waals surface area contributed by atoms with Gasteiger partial charge in [0.15, 0.2) is 6.20 Å². The summed E-state index contributed by atoms with van der Waals surface area (Å²) in [4.78, 5) is 0. The highest BCUT2D eigenvalue weighted by Gasteiger charge is 2.15. The highest BCUT2D eigenvalue weighted by Crippen LogP contribution is 2.14. The minimum Gasteiger partial charge on any atom is -0.379 e. The van der Waals surface area contributed by atoms with E-state index in [0.29, 0.717) is 13.0 Å². The molecule has 0 saturated heterocycles. The molecule has 1 heterocycles. The summed E-state index contributed by atoms with van der Waals surface area (Å²) >= 11 is 3.49. The van der Waals surface area contributed by atoms with Crippen LogP contribution in [0.5, 0.6) is 0 Å². The second-order valence-electron chi connectivity index (χ2n) is 9.31. The zero-order valence-electron chi connectivity index (χ0n) is 21.8. The van der Waals surface area contributed by atoms with Crippen LogP contribution in [-0.4, -0.2) is 45.4 Å². The number of unbranched alkanes of at least 4 members (excludes halogenated alkanes) is 13. The molecule has 0 radical (unpaired) electrons. The quantitative estimate of drug-likeness (QED) is 0.114. The van der Waals surface area contributed by atoms with Gasteiger partial charge in [-0.05, 0) is 12.2 Å². The summed E-state index contributed by atoms with van der Waals surface area (Å²) in [6, 6.07) is 0. The molecule has 0 aliphatic heterocycles. The molecule has 200 valence electrons. The molecular weight excluding hydrogens is 484 g/mol. The van der Waals surface area contributed by atoms with E-state index in [1.807, 2.05) is 33.4 Å². The van der Waals surface area contributed by atoms with Crippen molar-refractivity contribution in [1.29, 1.82) is 0 Å². The van der Waals surface area contributed by atoms with Crippen LogP contribution in [0, 0.1) is 0 Å². The lowest BCUT2D eigenvalue weighted by Gasteiger charge is -2.16. The van der Waals surface area contributed by atoms with Crippen LogP contribution in [0.2, 0.25) is 0 Å². The predicted octanol–water partition coefficient (Wildman–Crippen LogP) is 6.57. The minimum atomic E-state index is -3.25. The molecule has 0 saturated carbocycles. The van der Waals surface area contributed by atoms with Crippen LogP contribution in [-0.2, 0) is 21.3 Å². The van der Waals surface area contributed by atoms with E-state index in [1.54, 1.807) is 18.4 Å². The van der Waals surface area contributed by atoms with Crippen molar-refractivity contribution in [3.05, 3.63) is 17.1 Å². The van der Waals surface area contributed by atoms with Gasteiger partial charge < -0.3 is 4.74 Å². The molecule has 0 aromatic carbocycles. The number of hydrogen-bond donors (Lipinski definition) is 1. The number of nitrogens with one attached hydrogen (secondary N) is 1. The molecule has 1 unspecified atom stereocenters. The van der Waals surface area contributed by atoms with Crippen LogP contribution in [0.4, 0.5) is 0 Å². The standard InChI is InChI=1S/C26H51N2O3S3/c1-3-4-5-6-7-8-9-10-11-12-13-14-15-16-20-32-24-26(31-2)23-27-34(29,30)22-17-18-28-19-21-33-25-28/h19,21,25-27H,3-18,20,22-24H2,1-2H3/q+1. The molecule has 1 rings (SSSR count). The van der Waals surface area contributed by atoms with Gasteiger partial charge in [-0.1, -0.05) is 102 Å². The minimum absolute atomic E-state index is 0.0716. The molecule has 0 spiro atoms. The first-order chi connectivity index (χ1) is 16.6. The van der Waals surface area contributed by atoms with E-state index >= 15 is 0 Å². The number of aryl methyl sites for hydroxylation is 1. The van der Waals surface area contributed by atoms with E-state index in [-0.39, 0.29) is 11.9 Å². The Balaban J connectivity index is 1.90. The molecule has 8 heteroatoms. The van der Waals surface area contributed by atoms with Gasteiger partial charge in [0.05, 0.1) is 17.2 Å². The summed E-state index contributed by atoms with van der Waals surface area (Å²) < 4.78 is 34.7. The maximum Gasteiger partial charge on any atom is 0.224 e. The van der Waals surface area contributed by atoms with Crippen LogP contribution < -0.4 is 9.29 Å². The van der Waals surface area contributed by atoms with Gasteiger partial charge in [0, 0.05) is 25.8 Å². The molecule has 1 atom stereocenters. The van der Waals surface area contributed by atoms with Gasteiger partial charge >= 0.3 is 0 Å². The Hall–Kier alpha value is -0.150. The lowest BCUT2D eigenvalue weighted by Crippen LogP contribution is -2.37. The number of sulfonamides is 1. The molecule has 34 heavy (non-hydrogen) atoms. The molecule has 0 bridgehead atoms. The van der Waals surface area contributed by atoms with Gasteiger partial charge in [-0.15, -0.1) is 0 Å². The van der Waals surface area contributed by atoms with Crippen LogP contribution in [0.25, 0.3) is 0 Å². The fourth-order valence-corrected chi connectivity index (χ4v) is 6.76. The summed E-state index contributed by atoms with van der Waals surface area (Å²) in [5, 5.41) is 1.99. The van der Waals surface area contributed by atoms with Crippen LogP contribution in [0.15, 0.2) is 17.1 Å². The zero-order chi connectivity index (χ0) is 24.7. The fraction of sp³-hybridized carbons (Fsp3) is 0.885. The van der Waals surface area contributed by atoms with E-state index < -0.39 is 10.0 Å². The Morgan fingerprint density at radius 2 is 1.50 bits per heavy atom. The van der Waals surface area contributed by atoms with Crippen molar-refractivity contribution in [2.24, 2.45) is 0 Å². The zero-order valence-corrected chi connectivity index (χ0v) is 24.3. The summed E-state index contributed by atoms with van der Waals surface area (Å²) in [5.41, 5.74) is 2.00. The molecule has 1 aromatic rings. The topological polar surface area (TPSA) is 59.3 Å². The molecular formula is C26H51N2O3S3+. The number of thiazole rings is 1. The number of aromatic nitrogens is 1. The highest BCUT2D eigenvalue weighted by molar-refractivity contribution is 7.99. The number of thioether (sulfide) groups is 1. The largest absolute Gasteiger partial charge is 0.379 e. The molecule has 0 fully saturated rings. The van der Waals surface area contributed by atoms with E-state index in [4.69, 9.17) is 4.74 Å². The van der Waals surface area contributed by atoms with Crippen LogP contribution in [0.3, 0.4) is 0 Å². The van der Waals surface area contributed by atoms with E-state index in [9.17, 15) is 8.42 Å².